The number of nitrogens with zero attached hydrogens (tertiary/aromatic N) is 1. The summed E-state index contributed by atoms with van der Waals surface area (Å²) in [4.78, 5) is 4.53. The minimum Gasteiger partial charge on any atom is -0.377 e. The van der Waals surface area contributed by atoms with Crippen molar-refractivity contribution in [2.24, 2.45) is 0 Å². The van der Waals surface area contributed by atoms with E-state index in [0.29, 0.717) is 12.1 Å². The largest absolute Gasteiger partial charge is 0.377 e. The van der Waals surface area contributed by atoms with E-state index in [4.69, 9.17) is 4.74 Å². The van der Waals surface area contributed by atoms with Gasteiger partial charge in [0.25, 0.3) is 0 Å². The van der Waals surface area contributed by atoms with Crippen LogP contribution in [-0.4, -0.2) is 30.3 Å². The lowest BCUT2D eigenvalue weighted by Crippen LogP contribution is -2.41. The van der Waals surface area contributed by atoms with Gasteiger partial charge in [-0.15, -0.1) is 11.3 Å². The van der Waals surface area contributed by atoms with Gasteiger partial charge in [-0.25, -0.2) is 4.98 Å². The molecule has 1 N–H and O–H groups in total. The minimum absolute atomic E-state index is 0.377. The second-order valence-electron chi connectivity index (χ2n) is 4.28. The minimum atomic E-state index is 0.377. The smallest absolute Gasteiger partial charge is 0.0897 e. The zero-order valence-corrected chi connectivity index (χ0v) is 10.8. The normalized spacial score (nSPS) is 22.5. The molecule has 2 rings (SSSR count). The number of likely N-dealkylation sites (N-methyl/N-ethyl adjacent to an activating group) is 1. The number of aromatic nitrogens is 1. The standard InChI is InChI=1S/C12H20N2OS/c1-3-13-11(12-5-4-6-15-12)7-10-8-16-9(2)14-10/h8,11-13H,3-7H2,1-2H3. The monoisotopic (exact) mass is 240 g/mol. The quantitative estimate of drug-likeness (QED) is 0.856. The first kappa shape index (κ1) is 12.0. The molecule has 1 aliphatic heterocycles. The fourth-order valence-electron chi connectivity index (χ4n) is 2.24. The van der Waals surface area contributed by atoms with Gasteiger partial charge in [0.1, 0.15) is 0 Å². The molecular weight excluding hydrogens is 220 g/mol. The Kier molecular flexibility index (Phi) is 4.32. The van der Waals surface area contributed by atoms with Crippen molar-refractivity contribution >= 4 is 11.3 Å². The molecule has 2 atom stereocenters. The van der Waals surface area contributed by atoms with Crippen LogP contribution in [0, 0.1) is 6.92 Å². The van der Waals surface area contributed by atoms with Crippen LogP contribution in [-0.2, 0) is 11.2 Å². The second-order valence-corrected chi connectivity index (χ2v) is 5.34. The Hall–Kier alpha value is -0.450. The zero-order chi connectivity index (χ0) is 11.4. The maximum Gasteiger partial charge on any atom is 0.0897 e. The van der Waals surface area contributed by atoms with Crippen LogP contribution in [0.3, 0.4) is 0 Å². The Labute approximate surface area is 101 Å². The van der Waals surface area contributed by atoms with Crippen molar-refractivity contribution in [3.63, 3.8) is 0 Å². The third kappa shape index (κ3) is 3.03. The molecule has 1 aromatic heterocycles. The van der Waals surface area contributed by atoms with Gasteiger partial charge in [0, 0.05) is 24.4 Å². The lowest BCUT2D eigenvalue weighted by atomic mass is 10.0. The number of aryl methyl sites for hydroxylation is 1. The van der Waals surface area contributed by atoms with E-state index >= 15 is 0 Å². The summed E-state index contributed by atoms with van der Waals surface area (Å²) in [5.41, 5.74) is 1.20. The number of rotatable bonds is 5. The molecule has 0 saturated carbocycles. The molecule has 1 aromatic rings. The average molecular weight is 240 g/mol. The average Bonchev–Trinajstić information content (AvgIpc) is 2.88. The van der Waals surface area contributed by atoms with Crippen molar-refractivity contribution in [1.29, 1.82) is 0 Å². The molecule has 1 fully saturated rings. The highest BCUT2D eigenvalue weighted by Gasteiger charge is 2.25. The van der Waals surface area contributed by atoms with Gasteiger partial charge in [-0.2, -0.15) is 0 Å². The molecule has 0 spiro atoms. The van der Waals surface area contributed by atoms with Crippen molar-refractivity contribution in [2.75, 3.05) is 13.2 Å². The molecule has 3 nitrogen and oxygen atoms in total. The number of hydrogen-bond acceptors (Lipinski definition) is 4. The predicted molar refractivity (Wildman–Crippen MR) is 67.0 cm³/mol. The lowest BCUT2D eigenvalue weighted by molar-refractivity contribution is 0.0786. The van der Waals surface area contributed by atoms with E-state index in [-0.39, 0.29) is 0 Å². The highest BCUT2D eigenvalue weighted by molar-refractivity contribution is 7.09. The molecule has 90 valence electrons. The van der Waals surface area contributed by atoms with E-state index in [1.165, 1.54) is 18.5 Å². The van der Waals surface area contributed by atoms with Gasteiger partial charge in [0.15, 0.2) is 0 Å². The highest BCUT2D eigenvalue weighted by atomic mass is 32.1. The van der Waals surface area contributed by atoms with Crippen LogP contribution >= 0.6 is 11.3 Å². The summed E-state index contributed by atoms with van der Waals surface area (Å²) in [6.45, 7) is 6.12. The maximum atomic E-state index is 5.76. The molecule has 0 amide bonds. The van der Waals surface area contributed by atoms with Crippen LogP contribution in [0.25, 0.3) is 0 Å². The van der Waals surface area contributed by atoms with E-state index < -0.39 is 0 Å². The third-order valence-corrected chi connectivity index (χ3v) is 3.80. The van der Waals surface area contributed by atoms with Crippen LogP contribution < -0.4 is 5.32 Å². The fourth-order valence-corrected chi connectivity index (χ4v) is 2.87. The first-order valence-electron chi connectivity index (χ1n) is 6.05. The van der Waals surface area contributed by atoms with Crippen molar-refractivity contribution in [1.82, 2.24) is 10.3 Å². The molecular formula is C12H20N2OS. The maximum absolute atomic E-state index is 5.76. The van der Waals surface area contributed by atoms with Crippen LogP contribution in [0.1, 0.15) is 30.5 Å². The Bertz CT molecular complexity index is 321. The summed E-state index contributed by atoms with van der Waals surface area (Å²) >= 11 is 1.73. The lowest BCUT2D eigenvalue weighted by Gasteiger charge is -2.22. The van der Waals surface area contributed by atoms with Crippen molar-refractivity contribution in [2.45, 2.75) is 45.3 Å². The van der Waals surface area contributed by atoms with Crippen LogP contribution in [0.4, 0.5) is 0 Å². The summed E-state index contributed by atoms with van der Waals surface area (Å²) in [5.74, 6) is 0. The van der Waals surface area contributed by atoms with E-state index in [0.717, 1.165) is 24.6 Å². The van der Waals surface area contributed by atoms with Gasteiger partial charge in [0.2, 0.25) is 0 Å². The van der Waals surface area contributed by atoms with E-state index in [9.17, 15) is 0 Å². The predicted octanol–water partition coefficient (Wildman–Crippen LogP) is 2.15. The van der Waals surface area contributed by atoms with Crippen LogP contribution in [0.2, 0.25) is 0 Å². The molecule has 16 heavy (non-hydrogen) atoms. The molecule has 0 aliphatic carbocycles. The SMILES string of the molecule is CCNC(Cc1csc(C)n1)C1CCCO1. The van der Waals surface area contributed by atoms with Gasteiger partial charge in [0.05, 0.1) is 16.8 Å². The topological polar surface area (TPSA) is 34.2 Å². The third-order valence-electron chi connectivity index (χ3n) is 2.98. The summed E-state index contributed by atoms with van der Waals surface area (Å²) in [7, 11) is 0. The van der Waals surface area contributed by atoms with Gasteiger partial charge in [-0.1, -0.05) is 6.92 Å². The first-order chi connectivity index (χ1) is 7.79. The van der Waals surface area contributed by atoms with Gasteiger partial charge in [-0.3, -0.25) is 0 Å². The molecule has 0 radical (unpaired) electrons. The number of nitrogens with one attached hydrogen (secondary N) is 1. The van der Waals surface area contributed by atoms with E-state index in [2.05, 4.69) is 29.5 Å². The second kappa shape index (κ2) is 5.75. The molecule has 4 heteroatoms. The Balaban J connectivity index is 1.96. The van der Waals surface area contributed by atoms with Crippen molar-refractivity contribution in [3.8, 4) is 0 Å². The zero-order valence-electron chi connectivity index (χ0n) is 10.0. The Morgan fingerprint density at radius 2 is 2.56 bits per heavy atom. The summed E-state index contributed by atoms with van der Waals surface area (Å²) in [6.07, 6.45) is 3.74. The van der Waals surface area contributed by atoms with Crippen LogP contribution in [0.15, 0.2) is 5.38 Å². The Morgan fingerprint density at radius 1 is 1.69 bits per heavy atom. The van der Waals surface area contributed by atoms with Gasteiger partial charge >= 0.3 is 0 Å². The van der Waals surface area contributed by atoms with Crippen molar-refractivity contribution < 1.29 is 4.74 Å². The van der Waals surface area contributed by atoms with Gasteiger partial charge in [-0.05, 0) is 26.3 Å². The number of hydrogen-bond donors (Lipinski definition) is 1. The van der Waals surface area contributed by atoms with E-state index in [1.54, 1.807) is 11.3 Å². The Morgan fingerprint density at radius 3 is 3.12 bits per heavy atom. The molecule has 2 unspecified atom stereocenters. The molecule has 0 aromatic carbocycles. The molecule has 1 aliphatic rings. The summed E-state index contributed by atoms with van der Waals surface area (Å²) in [6, 6.07) is 0.425. The summed E-state index contributed by atoms with van der Waals surface area (Å²) in [5, 5.41) is 6.83. The molecule has 2 heterocycles. The van der Waals surface area contributed by atoms with E-state index in [1.807, 2.05) is 0 Å². The highest BCUT2D eigenvalue weighted by Crippen LogP contribution is 2.19. The number of thiazole rings is 1. The molecule has 1 saturated heterocycles. The van der Waals surface area contributed by atoms with Gasteiger partial charge < -0.3 is 10.1 Å². The fraction of sp³-hybridized carbons (Fsp3) is 0.750. The summed E-state index contributed by atoms with van der Waals surface area (Å²) < 4.78 is 5.76. The number of ether oxygens (including phenoxy) is 1. The van der Waals surface area contributed by atoms with Crippen molar-refractivity contribution in [3.05, 3.63) is 16.1 Å². The molecule has 0 bridgehead atoms. The first-order valence-corrected chi connectivity index (χ1v) is 6.93. The van der Waals surface area contributed by atoms with Crippen LogP contribution in [0.5, 0.6) is 0 Å².